The average molecular weight is 313 g/mol. The molecule has 0 amide bonds. The molecule has 0 aromatic heterocycles. The van der Waals surface area contributed by atoms with Gasteiger partial charge in [-0.2, -0.15) is 0 Å². The summed E-state index contributed by atoms with van der Waals surface area (Å²) in [5.74, 6) is 0. The third kappa shape index (κ3) is 12.6. The smallest absolute Gasteiger partial charge is 0.0701 e. The molecule has 0 unspecified atom stereocenters. The first-order valence-corrected chi connectivity index (χ1v) is 7.02. The molecule has 104 valence electrons. The van der Waals surface area contributed by atoms with E-state index in [0.29, 0.717) is 39.6 Å². The fourth-order valence-electron chi connectivity index (χ4n) is 0.969. The predicted molar refractivity (Wildman–Crippen MR) is 71.9 cm³/mol. The summed E-state index contributed by atoms with van der Waals surface area (Å²) in [4.78, 5) is 0. The minimum Gasteiger partial charge on any atom is -0.382 e. The highest BCUT2D eigenvalue weighted by Gasteiger charge is 2.15. The lowest BCUT2D eigenvalue weighted by atomic mass is 9.99. The minimum atomic E-state index is 0.184. The van der Waals surface area contributed by atoms with Gasteiger partial charge < -0.3 is 18.9 Å². The summed E-state index contributed by atoms with van der Waals surface area (Å²) in [5, 5.41) is 0.939. The normalized spacial score (nSPS) is 12.0. The molecule has 0 fully saturated rings. The van der Waals surface area contributed by atoms with E-state index >= 15 is 0 Å². The van der Waals surface area contributed by atoms with Gasteiger partial charge in [0.05, 0.1) is 46.2 Å². The first kappa shape index (κ1) is 17.3. The summed E-state index contributed by atoms with van der Waals surface area (Å²) in [6.07, 6.45) is 0. The SMILES string of the molecule is COCCOCCOCCOCC(C)(C)CBr. The molecule has 0 saturated carbocycles. The number of rotatable bonds is 12. The van der Waals surface area contributed by atoms with E-state index in [-0.39, 0.29) is 5.41 Å². The summed E-state index contributed by atoms with van der Waals surface area (Å²) in [5.41, 5.74) is 0.184. The summed E-state index contributed by atoms with van der Waals surface area (Å²) in [7, 11) is 1.66. The second-order valence-electron chi connectivity index (χ2n) is 4.57. The Morgan fingerprint density at radius 1 is 0.824 bits per heavy atom. The zero-order valence-electron chi connectivity index (χ0n) is 11.2. The lowest BCUT2D eigenvalue weighted by Gasteiger charge is -2.21. The van der Waals surface area contributed by atoms with Crippen molar-refractivity contribution < 1.29 is 18.9 Å². The van der Waals surface area contributed by atoms with Gasteiger partial charge in [0.25, 0.3) is 0 Å². The van der Waals surface area contributed by atoms with Crippen molar-refractivity contribution in [3.63, 3.8) is 0 Å². The Bertz CT molecular complexity index is 165. The molecule has 0 aliphatic carbocycles. The van der Waals surface area contributed by atoms with Gasteiger partial charge in [-0.25, -0.2) is 0 Å². The third-order valence-corrected chi connectivity index (χ3v) is 3.55. The molecule has 17 heavy (non-hydrogen) atoms. The van der Waals surface area contributed by atoms with E-state index in [1.165, 1.54) is 0 Å². The number of methoxy groups -OCH3 is 1. The van der Waals surface area contributed by atoms with Gasteiger partial charge in [-0.05, 0) is 5.41 Å². The summed E-state index contributed by atoms with van der Waals surface area (Å²) in [6, 6.07) is 0. The van der Waals surface area contributed by atoms with Gasteiger partial charge in [0.2, 0.25) is 0 Å². The Labute approximate surface area is 113 Å². The minimum absolute atomic E-state index is 0.184. The van der Waals surface area contributed by atoms with Crippen molar-refractivity contribution >= 4 is 15.9 Å². The van der Waals surface area contributed by atoms with Crippen molar-refractivity contribution in [3.05, 3.63) is 0 Å². The van der Waals surface area contributed by atoms with Crippen LogP contribution < -0.4 is 0 Å². The molecule has 0 bridgehead atoms. The van der Waals surface area contributed by atoms with Gasteiger partial charge >= 0.3 is 0 Å². The number of halogens is 1. The molecule has 0 heterocycles. The second kappa shape index (κ2) is 11.4. The highest BCUT2D eigenvalue weighted by atomic mass is 79.9. The Kier molecular flexibility index (Phi) is 11.6. The fraction of sp³-hybridized carbons (Fsp3) is 1.00. The number of ether oxygens (including phenoxy) is 4. The highest BCUT2D eigenvalue weighted by molar-refractivity contribution is 9.09. The van der Waals surface area contributed by atoms with Gasteiger partial charge in [-0.15, -0.1) is 0 Å². The zero-order chi connectivity index (χ0) is 13.0. The molecular formula is C12H25BrO4. The van der Waals surface area contributed by atoms with Crippen molar-refractivity contribution in [2.45, 2.75) is 13.8 Å². The van der Waals surface area contributed by atoms with Crippen molar-refractivity contribution in [1.82, 2.24) is 0 Å². The van der Waals surface area contributed by atoms with Gasteiger partial charge in [0.15, 0.2) is 0 Å². The molecule has 0 rings (SSSR count). The van der Waals surface area contributed by atoms with Crippen LogP contribution in [0.5, 0.6) is 0 Å². The molecule has 5 heteroatoms. The van der Waals surface area contributed by atoms with Crippen molar-refractivity contribution in [2.75, 3.05) is 58.7 Å². The number of alkyl halides is 1. The van der Waals surface area contributed by atoms with Crippen LogP contribution in [0.4, 0.5) is 0 Å². The van der Waals surface area contributed by atoms with Crippen LogP contribution in [0.3, 0.4) is 0 Å². The first-order valence-electron chi connectivity index (χ1n) is 5.90. The molecule has 0 N–H and O–H groups in total. The van der Waals surface area contributed by atoms with E-state index in [2.05, 4.69) is 29.8 Å². The summed E-state index contributed by atoms with van der Waals surface area (Å²) >= 11 is 3.46. The lowest BCUT2D eigenvalue weighted by Crippen LogP contribution is -2.22. The van der Waals surface area contributed by atoms with Crippen molar-refractivity contribution in [1.29, 1.82) is 0 Å². The Morgan fingerprint density at radius 3 is 1.76 bits per heavy atom. The van der Waals surface area contributed by atoms with Crippen LogP contribution in [0.25, 0.3) is 0 Å². The summed E-state index contributed by atoms with van der Waals surface area (Å²) < 4.78 is 21.0. The first-order chi connectivity index (χ1) is 8.12. The zero-order valence-corrected chi connectivity index (χ0v) is 12.8. The van der Waals surface area contributed by atoms with Gasteiger partial charge in [0.1, 0.15) is 0 Å². The van der Waals surface area contributed by atoms with Crippen LogP contribution in [0.1, 0.15) is 13.8 Å². The molecule has 0 aromatic carbocycles. The van der Waals surface area contributed by atoms with Crippen LogP contribution in [0.2, 0.25) is 0 Å². The second-order valence-corrected chi connectivity index (χ2v) is 5.13. The molecule has 0 spiro atoms. The van der Waals surface area contributed by atoms with E-state index in [1.54, 1.807) is 7.11 Å². The van der Waals surface area contributed by atoms with Gasteiger partial charge in [-0.1, -0.05) is 29.8 Å². The maximum atomic E-state index is 5.52. The van der Waals surface area contributed by atoms with Crippen LogP contribution in [-0.2, 0) is 18.9 Å². The molecule has 4 nitrogen and oxygen atoms in total. The molecule has 0 aliphatic rings. The molecule has 0 atom stereocenters. The molecular weight excluding hydrogens is 288 g/mol. The van der Waals surface area contributed by atoms with Crippen LogP contribution in [0.15, 0.2) is 0 Å². The van der Waals surface area contributed by atoms with E-state index < -0.39 is 0 Å². The Hall–Kier alpha value is 0.320. The summed E-state index contributed by atoms with van der Waals surface area (Å²) in [6.45, 7) is 8.77. The highest BCUT2D eigenvalue weighted by Crippen LogP contribution is 2.17. The molecule has 0 radical (unpaired) electrons. The number of hydrogen-bond acceptors (Lipinski definition) is 4. The largest absolute Gasteiger partial charge is 0.382 e. The van der Waals surface area contributed by atoms with Crippen LogP contribution in [0, 0.1) is 5.41 Å². The maximum Gasteiger partial charge on any atom is 0.0701 e. The van der Waals surface area contributed by atoms with Crippen LogP contribution in [-0.4, -0.2) is 58.7 Å². The quantitative estimate of drug-likeness (QED) is 0.408. The van der Waals surface area contributed by atoms with Crippen LogP contribution >= 0.6 is 15.9 Å². The average Bonchev–Trinajstić information content (AvgIpc) is 2.31. The maximum absolute atomic E-state index is 5.52. The predicted octanol–water partition coefficient (Wildman–Crippen LogP) is 2.10. The van der Waals surface area contributed by atoms with Gasteiger partial charge in [0, 0.05) is 12.4 Å². The van der Waals surface area contributed by atoms with Gasteiger partial charge in [-0.3, -0.25) is 0 Å². The van der Waals surface area contributed by atoms with Crippen molar-refractivity contribution in [2.24, 2.45) is 5.41 Å². The van der Waals surface area contributed by atoms with E-state index in [1.807, 2.05) is 0 Å². The van der Waals surface area contributed by atoms with E-state index in [4.69, 9.17) is 18.9 Å². The van der Waals surface area contributed by atoms with Crippen molar-refractivity contribution in [3.8, 4) is 0 Å². The third-order valence-electron chi connectivity index (χ3n) is 2.03. The Balaban J connectivity index is 3.09. The fourth-order valence-corrected chi connectivity index (χ4v) is 1.13. The standard InChI is InChI=1S/C12H25BrO4/c1-12(2,10-13)11-17-9-8-16-7-6-15-5-4-14-3/h4-11H2,1-3H3. The topological polar surface area (TPSA) is 36.9 Å². The monoisotopic (exact) mass is 312 g/mol. The molecule has 0 saturated heterocycles. The lowest BCUT2D eigenvalue weighted by molar-refractivity contribution is -0.00675. The number of hydrogen-bond donors (Lipinski definition) is 0. The van der Waals surface area contributed by atoms with E-state index in [0.717, 1.165) is 11.9 Å². The van der Waals surface area contributed by atoms with E-state index in [9.17, 15) is 0 Å². The Morgan fingerprint density at radius 2 is 1.29 bits per heavy atom. The molecule has 0 aliphatic heterocycles. The molecule has 0 aromatic rings.